The van der Waals surface area contributed by atoms with Crippen LogP contribution >= 0.6 is 11.6 Å². The van der Waals surface area contributed by atoms with Crippen LogP contribution in [0.4, 0.5) is 5.69 Å². The van der Waals surface area contributed by atoms with E-state index in [4.69, 9.17) is 22.1 Å². The van der Waals surface area contributed by atoms with E-state index in [0.717, 1.165) is 5.56 Å². The van der Waals surface area contributed by atoms with Crippen LogP contribution in [0.5, 0.6) is 5.75 Å². The molecule has 0 fully saturated rings. The second kappa shape index (κ2) is 5.00. The molecule has 0 radical (unpaired) electrons. The summed E-state index contributed by atoms with van der Waals surface area (Å²) in [6, 6.07) is 3.40. The Hall–Kier alpha value is -1.26. The van der Waals surface area contributed by atoms with Crippen LogP contribution in [0.2, 0.25) is 5.02 Å². The maximum Gasteiger partial charge on any atom is 0.238 e. The molecule has 0 saturated heterocycles. The Morgan fingerprint density at radius 2 is 2.27 bits per heavy atom. The summed E-state index contributed by atoms with van der Waals surface area (Å²) in [5, 5.41) is 3.18. The lowest BCUT2D eigenvalue weighted by atomic mass is 10.2. The summed E-state index contributed by atoms with van der Waals surface area (Å²) in [5.74, 6) is 0.284. The number of ether oxygens (including phenoxy) is 1. The number of aryl methyl sites for hydroxylation is 1. The summed E-state index contributed by atoms with van der Waals surface area (Å²) in [5.41, 5.74) is 6.61. The van der Waals surface area contributed by atoms with Crippen LogP contribution < -0.4 is 15.8 Å². The molecule has 0 aromatic heterocycles. The van der Waals surface area contributed by atoms with Crippen molar-refractivity contribution < 1.29 is 9.53 Å². The summed E-state index contributed by atoms with van der Waals surface area (Å²) in [6.07, 6.45) is 0. The lowest BCUT2D eigenvalue weighted by Crippen LogP contribution is -2.22. The third-order valence-electron chi connectivity index (χ3n) is 1.94. The number of carbonyl (C=O) groups is 1. The maximum absolute atomic E-state index is 11.1. The minimum absolute atomic E-state index is 0.0748. The molecule has 82 valence electrons. The van der Waals surface area contributed by atoms with Crippen LogP contribution in [-0.2, 0) is 4.79 Å². The normalized spacial score (nSPS) is 9.87. The molecule has 5 heteroatoms. The highest BCUT2D eigenvalue weighted by atomic mass is 35.5. The van der Waals surface area contributed by atoms with Gasteiger partial charge in [0.05, 0.1) is 19.3 Å². The molecule has 1 amide bonds. The number of anilines is 1. The minimum atomic E-state index is -0.284. The first-order chi connectivity index (χ1) is 7.08. The van der Waals surface area contributed by atoms with E-state index in [9.17, 15) is 4.79 Å². The predicted molar refractivity (Wildman–Crippen MR) is 60.4 cm³/mol. The Morgan fingerprint density at radius 3 is 2.80 bits per heavy atom. The lowest BCUT2D eigenvalue weighted by Gasteiger charge is -2.11. The van der Waals surface area contributed by atoms with Gasteiger partial charge in [-0.2, -0.15) is 0 Å². The highest BCUT2D eigenvalue weighted by Gasteiger charge is 2.08. The molecule has 15 heavy (non-hydrogen) atoms. The standard InChI is InChI=1S/C10H13ClN2O2/c1-6-3-9(15-2)8(4-7(6)11)13-10(14)5-12/h3-4H,5,12H2,1-2H3,(H,13,14). The highest BCUT2D eigenvalue weighted by Crippen LogP contribution is 2.30. The number of halogens is 1. The Bertz CT molecular complexity index is 380. The van der Waals surface area contributed by atoms with Crippen LogP contribution in [0.1, 0.15) is 5.56 Å². The molecule has 0 aliphatic rings. The first-order valence-electron chi connectivity index (χ1n) is 4.42. The van der Waals surface area contributed by atoms with Crippen molar-refractivity contribution in [3.8, 4) is 5.75 Å². The summed E-state index contributed by atoms with van der Waals surface area (Å²) >= 11 is 5.93. The molecule has 0 heterocycles. The lowest BCUT2D eigenvalue weighted by molar-refractivity contribution is -0.114. The second-order valence-corrected chi connectivity index (χ2v) is 3.46. The van der Waals surface area contributed by atoms with Crippen molar-refractivity contribution in [2.24, 2.45) is 5.73 Å². The van der Waals surface area contributed by atoms with Crippen molar-refractivity contribution in [2.75, 3.05) is 19.0 Å². The molecular weight excluding hydrogens is 216 g/mol. The van der Waals surface area contributed by atoms with Crippen molar-refractivity contribution >= 4 is 23.2 Å². The Balaban J connectivity index is 3.05. The van der Waals surface area contributed by atoms with E-state index in [1.807, 2.05) is 6.92 Å². The largest absolute Gasteiger partial charge is 0.495 e. The Morgan fingerprint density at radius 1 is 1.60 bits per heavy atom. The van der Waals surface area contributed by atoms with Gasteiger partial charge in [0.2, 0.25) is 5.91 Å². The number of benzene rings is 1. The van der Waals surface area contributed by atoms with E-state index in [1.165, 1.54) is 7.11 Å². The number of amides is 1. The molecule has 0 saturated carbocycles. The van der Waals surface area contributed by atoms with Gasteiger partial charge in [0, 0.05) is 5.02 Å². The van der Waals surface area contributed by atoms with Crippen molar-refractivity contribution in [2.45, 2.75) is 6.92 Å². The smallest absolute Gasteiger partial charge is 0.238 e. The Labute approximate surface area is 93.4 Å². The van der Waals surface area contributed by atoms with Gasteiger partial charge in [0.25, 0.3) is 0 Å². The van der Waals surface area contributed by atoms with Gasteiger partial charge in [-0.3, -0.25) is 4.79 Å². The van der Waals surface area contributed by atoms with E-state index in [0.29, 0.717) is 16.5 Å². The zero-order valence-corrected chi connectivity index (χ0v) is 9.39. The summed E-state index contributed by atoms with van der Waals surface area (Å²) in [6.45, 7) is 1.79. The highest BCUT2D eigenvalue weighted by molar-refractivity contribution is 6.31. The van der Waals surface area contributed by atoms with Gasteiger partial charge in [-0.1, -0.05) is 11.6 Å². The van der Waals surface area contributed by atoms with Crippen LogP contribution in [0.25, 0.3) is 0 Å². The predicted octanol–water partition coefficient (Wildman–Crippen LogP) is 1.55. The van der Waals surface area contributed by atoms with Gasteiger partial charge >= 0.3 is 0 Å². The number of hydrogen-bond donors (Lipinski definition) is 2. The number of rotatable bonds is 3. The van der Waals surface area contributed by atoms with E-state index >= 15 is 0 Å². The molecule has 0 atom stereocenters. The number of nitrogens with two attached hydrogens (primary N) is 1. The van der Waals surface area contributed by atoms with Crippen LogP contribution in [-0.4, -0.2) is 19.6 Å². The van der Waals surface area contributed by atoms with Gasteiger partial charge in [-0.25, -0.2) is 0 Å². The fraction of sp³-hybridized carbons (Fsp3) is 0.300. The first-order valence-corrected chi connectivity index (χ1v) is 4.80. The van der Waals surface area contributed by atoms with Crippen molar-refractivity contribution in [3.05, 3.63) is 22.7 Å². The quantitative estimate of drug-likeness (QED) is 0.825. The van der Waals surface area contributed by atoms with Gasteiger partial charge in [-0.05, 0) is 24.6 Å². The molecule has 0 bridgehead atoms. The van der Waals surface area contributed by atoms with Crippen molar-refractivity contribution in [3.63, 3.8) is 0 Å². The van der Waals surface area contributed by atoms with E-state index < -0.39 is 0 Å². The number of hydrogen-bond acceptors (Lipinski definition) is 3. The third-order valence-corrected chi connectivity index (χ3v) is 2.35. The van der Waals surface area contributed by atoms with Gasteiger partial charge in [-0.15, -0.1) is 0 Å². The van der Waals surface area contributed by atoms with Gasteiger partial charge in [0.1, 0.15) is 5.75 Å². The zero-order valence-electron chi connectivity index (χ0n) is 8.63. The summed E-state index contributed by atoms with van der Waals surface area (Å²) < 4.78 is 5.11. The number of nitrogens with one attached hydrogen (secondary N) is 1. The topological polar surface area (TPSA) is 64.3 Å². The monoisotopic (exact) mass is 228 g/mol. The SMILES string of the molecule is COc1cc(C)c(Cl)cc1NC(=O)CN. The molecule has 0 spiro atoms. The van der Waals surface area contributed by atoms with Crippen LogP contribution in [0.3, 0.4) is 0 Å². The molecular formula is C10H13ClN2O2. The fourth-order valence-corrected chi connectivity index (χ4v) is 1.29. The van der Waals surface area contributed by atoms with E-state index in [1.54, 1.807) is 12.1 Å². The van der Waals surface area contributed by atoms with Gasteiger partial charge < -0.3 is 15.8 Å². The molecule has 0 unspecified atom stereocenters. The summed E-state index contributed by atoms with van der Waals surface area (Å²) in [4.78, 5) is 11.1. The molecule has 4 nitrogen and oxygen atoms in total. The average Bonchev–Trinajstić information content (AvgIpc) is 2.22. The minimum Gasteiger partial charge on any atom is -0.495 e. The Kier molecular flexibility index (Phi) is 3.94. The summed E-state index contributed by atoms with van der Waals surface area (Å²) in [7, 11) is 1.53. The maximum atomic E-state index is 11.1. The molecule has 1 aromatic carbocycles. The molecule has 1 rings (SSSR count). The molecule has 3 N–H and O–H groups in total. The zero-order chi connectivity index (χ0) is 11.4. The van der Waals surface area contributed by atoms with Crippen molar-refractivity contribution in [1.29, 1.82) is 0 Å². The van der Waals surface area contributed by atoms with Crippen LogP contribution in [0, 0.1) is 6.92 Å². The fourth-order valence-electron chi connectivity index (χ4n) is 1.12. The number of methoxy groups -OCH3 is 1. The molecule has 1 aromatic rings. The third kappa shape index (κ3) is 2.84. The molecule has 0 aliphatic heterocycles. The molecule has 0 aliphatic carbocycles. The van der Waals surface area contributed by atoms with Gasteiger partial charge in [0.15, 0.2) is 0 Å². The van der Waals surface area contributed by atoms with Crippen LogP contribution in [0.15, 0.2) is 12.1 Å². The van der Waals surface area contributed by atoms with Crippen molar-refractivity contribution in [1.82, 2.24) is 0 Å². The second-order valence-electron chi connectivity index (χ2n) is 3.05. The van der Waals surface area contributed by atoms with E-state index in [2.05, 4.69) is 5.32 Å². The van der Waals surface area contributed by atoms with E-state index in [-0.39, 0.29) is 12.5 Å². The first kappa shape index (κ1) is 11.8. The number of carbonyl (C=O) groups excluding carboxylic acids is 1. The average molecular weight is 229 g/mol.